The second kappa shape index (κ2) is 8.99. The lowest BCUT2D eigenvalue weighted by Gasteiger charge is -2.24. The van der Waals surface area contributed by atoms with Crippen molar-refractivity contribution >= 4 is 5.91 Å². The molecule has 5 heteroatoms. The van der Waals surface area contributed by atoms with E-state index in [1.54, 1.807) is 6.07 Å². The Hall–Kier alpha value is -2.71. The van der Waals surface area contributed by atoms with E-state index in [0.29, 0.717) is 12.8 Å². The summed E-state index contributed by atoms with van der Waals surface area (Å²) in [5, 5.41) is 15.6. The van der Waals surface area contributed by atoms with Gasteiger partial charge in [0.1, 0.15) is 11.4 Å². The summed E-state index contributed by atoms with van der Waals surface area (Å²) in [5.41, 5.74) is 2.20. The Labute approximate surface area is 165 Å². The molecule has 2 aromatic carbocycles. The predicted molar refractivity (Wildman–Crippen MR) is 107 cm³/mol. The van der Waals surface area contributed by atoms with Crippen LogP contribution in [0.25, 0.3) is 0 Å². The molecule has 0 unspecified atom stereocenters. The van der Waals surface area contributed by atoms with E-state index in [0.717, 1.165) is 30.4 Å². The van der Waals surface area contributed by atoms with E-state index in [4.69, 9.17) is 0 Å². The quantitative estimate of drug-likeness (QED) is 0.764. The van der Waals surface area contributed by atoms with Gasteiger partial charge in [-0.1, -0.05) is 43.3 Å². The van der Waals surface area contributed by atoms with Crippen molar-refractivity contribution in [1.29, 1.82) is 5.26 Å². The molecule has 4 nitrogen and oxygen atoms in total. The molecule has 1 aliphatic rings. The number of rotatable bonds is 7. The van der Waals surface area contributed by atoms with Crippen LogP contribution in [0.5, 0.6) is 0 Å². The van der Waals surface area contributed by atoms with Crippen LogP contribution in [0.1, 0.15) is 55.3 Å². The lowest BCUT2D eigenvalue weighted by molar-refractivity contribution is -0.121. The van der Waals surface area contributed by atoms with Gasteiger partial charge in [-0.15, -0.1) is 0 Å². The van der Waals surface area contributed by atoms with E-state index in [-0.39, 0.29) is 24.3 Å². The molecule has 146 valence electrons. The van der Waals surface area contributed by atoms with Crippen LogP contribution >= 0.6 is 0 Å². The van der Waals surface area contributed by atoms with Crippen molar-refractivity contribution in [1.82, 2.24) is 10.6 Å². The first-order valence-corrected chi connectivity index (χ1v) is 9.85. The van der Waals surface area contributed by atoms with Gasteiger partial charge in [-0.25, -0.2) is 4.39 Å². The molecular formula is C23H26FN3O. The van der Waals surface area contributed by atoms with Gasteiger partial charge >= 0.3 is 0 Å². The Morgan fingerprint density at radius 3 is 2.50 bits per heavy atom. The van der Waals surface area contributed by atoms with Gasteiger partial charge in [-0.05, 0) is 60.9 Å². The SMILES string of the molecule is CCc1ccc([C@@H](NCC(=O)NC2(C#N)CCCC2)c2cccc(F)c2)cc1. The fourth-order valence-electron chi connectivity index (χ4n) is 3.81. The number of halogens is 1. The molecule has 2 N–H and O–H groups in total. The third-order valence-corrected chi connectivity index (χ3v) is 5.42. The van der Waals surface area contributed by atoms with Gasteiger partial charge in [0.15, 0.2) is 0 Å². The molecule has 0 radical (unpaired) electrons. The highest BCUT2D eigenvalue weighted by atomic mass is 19.1. The zero-order valence-electron chi connectivity index (χ0n) is 16.2. The highest BCUT2D eigenvalue weighted by molar-refractivity contribution is 5.79. The average Bonchev–Trinajstić information content (AvgIpc) is 3.17. The number of carbonyl (C=O) groups excluding carboxylic acids is 1. The summed E-state index contributed by atoms with van der Waals surface area (Å²) < 4.78 is 13.8. The van der Waals surface area contributed by atoms with E-state index in [1.165, 1.54) is 17.7 Å². The molecule has 1 aliphatic carbocycles. The highest BCUT2D eigenvalue weighted by Gasteiger charge is 2.35. The van der Waals surface area contributed by atoms with Gasteiger partial charge < -0.3 is 5.32 Å². The van der Waals surface area contributed by atoms with E-state index < -0.39 is 5.54 Å². The highest BCUT2D eigenvalue weighted by Crippen LogP contribution is 2.29. The molecule has 1 saturated carbocycles. The summed E-state index contributed by atoms with van der Waals surface area (Å²) in [6.07, 6.45) is 4.24. The maximum atomic E-state index is 13.8. The molecule has 28 heavy (non-hydrogen) atoms. The summed E-state index contributed by atoms with van der Waals surface area (Å²) in [7, 11) is 0. The lowest BCUT2D eigenvalue weighted by Crippen LogP contribution is -2.48. The first kappa shape index (κ1) is 20.0. The largest absolute Gasteiger partial charge is 0.337 e. The van der Waals surface area contributed by atoms with Crippen LogP contribution in [0.3, 0.4) is 0 Å². The predicted octanol–water partition coefficient (Wildman–Crippen LogP) is 4.02. The van der Waals surface area contributed by atoms with Crippen molar-refractivity contribution < 1.29 is 9.18 Å². The lowest BCUT2D eigenvalue weighted by atomic mass is 9.97. The van der Waals surface area contributed by atoms with Gasteiger partial charge in [0.2, 0.25) is 5.91 Å². The fraction of sp³-hybridized carbons (Fsp3) is 0.391. The summed E-state index contributed by atoms with van der Waals surface area (Å²) in [4.78, 5) is 12.5. The molecule has 0 spiro atoms. The minimum atomic E-state index is -0.740. The Balaban J connectivity index is 1.75. The third-order valence-electron chi connectivity index (χ3n) is 5.42. The Kier molecular flexibility index (Phi) is 6.43. The van der Waals surface area contributed by atoms with Crippen molar-refractivity contribution in [3.63, 3.8) is 0 Å². The normalized spacial score (nSPS) is 16.3. The Bertz CT molecular complexity index is 851. The molecule has 1 amide bonds. The maximum absolute atomic E-state index is 13.8. The van der Waals surface area contributed by atoms with Crippen molar-refractivity contribution in [2.75, 3.05) is 6.54 Å². The van der Waals surface area contributed by atoms with Crippen LogP contribution in [0.15, 0.2) is 48.5 Å². The van der Waals surface area contributed by atoms with Gasteiger partial charge in [0.25, 0.3) is 0 Å². The van der Waals surface area contributed by atoms with Crippen LogP contribution < -0.4 is 10.6 Å². The first-order chi connectivity index (χ1) is 13.5. The Morgan fingerprint density at radius 2 is 1.89 bits per heavy atom. The standard InChI is InChI=1S/C23H26FN3O/c1-2-17-8-10-18(11-9-17)22(19-6-5-7-20(24)14-19)26-15-21(28)27-23(16-25)12-3-4-13-23/h5-11,14,22,26H,2-4,12-13,15H2,1H3,(H,27,28)/t22-/m1/s1. The van der Waals surface area contributed by atoms with E-state index >= 15 is 0 Å². The Morgan fingerprint density at radius 1 is 1.18 bits per heavy atom. The van der Waals surface area contributed by atoms with Crippen LogP contribution in [0, 0.1) is 17.1 Å². The maximum Gasteiger partial charge on any atom is 0.235 e. The molecule has 0 heterocycles. The van der Waals surface area contributed by atoms with Gasteiger partial charge in [-0.2, -0.15) is 5.26 Å². The van der Waals surface area contributed by atoms with Crippen LogP contribution in [0.2, 0.25) is 0 Å². The number of amides is 1. The number of hydrogen-bond acceptors (Lipinski definition) is 3. The van der Waals surface area contributed by atoms with Crippen LogP contribution in [-0.2, 0) is 11.2 Å². The summed E-state index contributed by atoms with van der Waals surface area (Å²) in [6, 6.07) is 16.5. The number of hydrogen-bond donors (Lipinski definition) is 2. The van der Waals surface area contributed by atoms with Gasteiger partial charge in [0.05, 0.1) is 18.7 Å². The summed E-state index contributed by atoms with van der Waals surface area (Å²) in [6.45, 7) is 2.15. The molecule has 0 aromatic heterocycles. The van der Waals surface area contributed by atoms with Crippen molar-refractivity contribution in [2.45, 2.75) is 50.6 Å². The molecule has 3 rings (SSSR count). The number of nitrogens with zero attached hydrogens (tertiary/aromatic N) is 1. The minimum Gasteiger partial charge on any atom is -0.337 e. The van der Waals surface area contributed by atoms with Crippen LogP contribution in [0.4, 0.5) is 4.39 Å². The molecule has 0 bridgehead atoms. The summed E-state index contributed by atoms with van der Waals surface area (Å²) >= 11 is 0. The first-order valence-electron chi connectivity index (χ1n) is 9.85. The zero-order valence-corrected chi connectivity index (χ0v) is 16.2. The molecule has 2 aromatic rings. The molecule has 1 fully saturated rings. The topological polar surface area (TPSA) is 64.9 Å². The van der Waals surface area contributed by atoms with Crippen molar-refractivity contribution in [3.8, 4) is 6.07 Å². The van der Waals surface area contributed by atoms with E-state index in [2.05, 4.69) is 23.6 Å². The molecular weight excluding hydrogens is 353 g/mol. The van der Waals surface area contributed by atoms with Crippen LogP contribution in [-0.4, -0.2) is 18.0 Å². The zero-order chi connectivity index (χ0) is 20.0. The monoisotopic (exact) mass is 379 g/mol. The van der Waals surface area contributed by atoms with E-state index in [1.807, 2.05) is 30.3 Å². The number of carbonyl (C=O) groups is 1. The van der Waals surface area contributed by atoms with Crippen molar-refractivity contribution in [2.24, 2.45) is 0 Å². The third kappa shape index (κ3) is 4.76. The van der Waals surface area contributed by atoms with E-state index in [9.17, 15) is 14.4 Å². The molecule has 0 aliphatic heterocycles. The van der Waals surface area contributed by atoms with Crippen molar-refractivity contribution in [3.05, 3.63) is 71.0 Å². The second-order valence-corrected chi connectivity index (χ2v) is 7.41. The number of nitriles is 1. The van der Waals surface area contributed by atoms with Gasteiger partial charge in [-0.3, -0.25) is 10.1 Å². The smallest absolute Gasteiger partial charge is 0.235 e. The number of aryl methyl sites for hydroxylation is 1. The number of benzene rings is 2. The molecule has 0 saturated heterocycles. The minimum absolute atomic E-state index is 0.0557. The molecule has 1 atom stereocenters. The summed E-state index contributed by atoms with van der Waals surface area (Å²) in [5.74, 6) is -0.525. The fourth-order valence-corrected chi connectivity index (χ4v) is 3.81. The average molecular weight is 379 g/mol. The second-order valence-electron chi connectivity index (χ2n) is 7.41. The van der Waals surface area contributed by atoms with Gasteiger partial charge in [0, 0.05) is 0 Å². The number of nitrogens with one attached hydrogen (secondary N) is 2.